The predicted octanol–water partition coefficient (Wildman–Crippen LogP) is 1.55. The molecule has 370 valence electrons. The fourth-order valence-electron chi connectivity index (χ4n) is 3.13. The third kappa shape index (κ3) is 34.5. The van der Waals surface area contributed by atoms with Crippen molar-refractivity contribution in [2.45, 2.75) is 23.4 Å². The molecule has 0 amide bonds. The Morgan fingerprint density at radius 2 is 0.862 bits per heavy atom. The fraction of sp³-hybridized carbons (Fsp3) is 0.500. The van der Waals surface area contributed by atoms with Crippen LogP contribution in [0.4, 0.5) is 39.5 Å². The Labute approximate surface area is 415 Å². The van der Waals surface area contributed by atoms with Gasteiger partial charge in [0.15, 0.2) is 30.4 Å². The number of nitriles is 1. The molecular formula is C30H34F9N4O17S3UY-6. The molecule has 21 nitrogen and oxygen atoms in total. The standard InChI is InChI=1S/C25H33N3O6.C2H3N.3CHF3O3S.2O.U.Y/c1-28-10-8-26-18-20-4-2-6-22(24(20)29)33-16-14-31-12-13-32-15-17-34-23-7-3-5-21(25(23)30)19-27-9-11-28;1-2-3;3*2-1(3,4)8(5,6)7;;;;/h2-7,18-19,29-30H,8-17H2,1H3;1H3;3*(H,5,6,7);;;;/q;;;;;2*-2;;+3/p-5. The largest absolute Gasteiger partial charge is 3.00 e. The summed E-state index contributed by atoms with van der Waals surface area (Å²) in [5.41, 5.74) is -16.0. The van der Waals surface area contributed by atoms with Gasteiger partial charge in [0, 0.05) is 63.6 Å². The Hall–Kier alpha value is -2.47. The van der Waals surface area contributed by atoms with Gasteiger partial charge in [0.2, 0.25) is 0 Å². The molecule has 0 aromatic heterocycles. The second-order valence-electron chi connectivity index (χ2n) is 10.6. The van der Waals surface area contributed by atoms with Crippen LogP contribution in [0.2, 0.25) is 0 Å². The Kier molecular flexibility index (Phi) is 40.6. The molecule has 0 saturated heterocycles. The van der Waals surface area contributed by atoms with Crippen molar-refractivity contribution in [3.8, 4) is 29.1 Å². The van der Waals surface area contributed by atoms with Gasteiger partial charge in [-0.3, -0.25) is 9.98 Å². The van der Waals surface area contributed by atoms with E-state index in [4.69, 9.17) is 63.1 Å². The summed E-state index contributed by atoms with van der Waals surface area (Å²) >= 11 is 0. The second kappa shape index (κ2) is 35.6. The average molecular weight is 1320 g/mol. The SMILES string of the molecule is CC#N.CN1CCN=Cc2cccc(c2[O-])OCCOCCOCCOc2cccc(c2[O-])C=NCC1.O=S(=O)([O-])C(F)(F)F.O=S(=O)([O-])C(F)(F)F.O=S(=O)([O-])C(F)(F)F.[O-2].[O-2].[U].[Y+3]. The van der Waals surface area contributed by atoms with Crippen LogP contribution in [-0.2, 0) is 83.5 Å². The van der Waals surface area contributed by atoms with Gasteiger partial charge >= 0.3 is 49.2 Å². The van der Waals surface area contributed by atoms with Crippen molar-refractivity contribution in [1.29, 1.82) is 5.26 Å². The van der Waals surface area contributed by atoms with Crippen LogP contribution in [0.15, 0.2) is 46.4 Å². The van der Waals surface area contributed by atoms with E-state index in [0.717, 1.165) is 0 Å². The molecule has 0 aliphatic carbocycles. The van der Waals surface area contributed by atoms with E-state index in [-0.39, 0.29) is 111 Å². The van der Waals surface area contributed by atoms with Gasteiger partial charge in [-0.05, 0) is 30.3 Å². The predicted molar refractivity (Wildman–Crippen MR) is 187 cm³/mol. The number of aliphatic imine (C=N–C) groups is 2. The minimum Gasteiger partial charge on any atom is -2.00 e. The molecule has 1 aliphatic heterocycles. The normalized spacial score (nSPS) is 14.5. The van der Waals surface area contributed by atoms with Gasteiger partial charge in [-0.2, -0.15) is 44.8 Å². The summed E-state index contributed by atoms with van der Waals surface area (Å²) in [5.74, 6) is 0.180. The maximum Gasteiger partial charge on any atom is 3.00 e. The quantitative estimate of drug-likeness (QED) is 0.205. The van der Waals surface area contributed by atoms with E-state index in [1.807, 2.05) is 7.05 Å². The van der Waals surface area contributed by atoms with Crippen LogP contribution < -0.4 is 19.7 Å². The first-order valence-electron chi connectivity index (χ1n) is 15.9. The third-order valence-electron chi connectivity index (χ3n) is 5.89. The molecule has 0 radical (unpaired) electrons. The molecule has 0 fully saturated rings. The van der Waals surface area contributed by atoms with Crippen molar-refractivity contribution in [3.05, 3.63) is 47.5 Å². The van der Waals surface area contributed by atoms with Crippen molar-refractivity contribution in [2.24, 2.45) is 9.98 Å². The van der Waals surface area contributed by atoms with Gasteiger partial charge in [0.25, 0.3) is 0 Å². The van der Waals surface area contributed by atoms with Gasteiger partial charge in [-0.15, -0.1) is 0 Å². The number of benzene rings is 2. The molecular weight excluding hydrogens is 1280 g/mol. The van der Waals surface area contributed by atoms with E-state index >= 15 is 0 Å². The Morgan fingerprint density at radius 3 is 1.11 bits per heavy atom. The maximum absolute atomic E-state index is 12.5. The summed E-state index contributed by atoms with van der Waals surface area (Å²) in [6.07, 6.45) is 3.17. The van der Waals surface area contributed by atoms with Crippen molar-refractivity contribution in [3.63, 3.8) is 0 Å². The molecule has 2 aromatic rings. The van der Waals surface area contributed by atoms with Crippen LogP contribution in [0.5, 0.6) is 23.0 Å². The molecule has 1 aliphatic rings. The molecule has 1 heterocycles. The fourth-order valence-corrected chi connectivity index (χ4v) is 3.13. The number of fused-ring (bicyclic) bond motifs is 4. The molecule has 0 unspecified atom stereocenters. The second-order valence-corrected chi connectivity index (χ2v) is 14.7. The van der Waals surface area contributed by atoms with Gasteiger partial charge in [0.05, 0.1) is 45.6 Å². The monoisotopic (exact) mass is 1320 g/mol. The molecule has 0 spiro atoms. The van der Waals surface area contributed by atoms with Gasteiger partial charge < -0.3 is 58.7 Å². The average Bonchev–Trinajstić information content (AvgIpc) is 3.10. The smallest absolute Gasteiger partial charge is 2.00 e. The van der Waals surface area contributed by atoms with E-state index in [2.05, 4.69) is 14.9 Å². The third-order valence-corrected chi connectivity index (χ3v) is 7.59. The first kappa shape index (κ1) is 74.1. The maximum atomic E-state index is 12.5. The number of nitrogens with zero attached hydrogens (tertiary/aromatic N) is 4. The zero-order valence-corrected chi connectivity index (χ0v) is 42.6. The van der Waals surface area contributed by atoms with E-state index < -0.39 is 46.9 Å². The number of halogens is 9. The van der Waals surface area contributed by atoms with Crippen LogP contribution in [0, 0.1) is 42.4 Å². The summed E-state index contributed by atoms with van der Waals surface area (Å²) in [5, 5.41) is 32.4. The number of likely N-dealkylation sites (N-methyl/N-ethyl adjacent to an activating group) is 1. The van der Waals surface area contributed by atoms with E-state index in [1.54, 1.807) is 54.9 Å². The van der Waals surface area contributed by atoms with Crippen LogP contribution in [0.25, 0.3) is 0 Å². The summed E-state index contributed by atoms with van der Waals surface area (Å²) in [6, 6.07) is 12.0. The number of ether oxygens (including phenoxy) is 4. The summed E-state index contributed by atoms with van der Waals surface area (Å²) in [7, 11) is -16.3. The molecule has 4 bridgehead atoms. The van der Waals surface area contributed by atoms with E-state index in [0.29, 0.717) is 63.7 Å². The van der Waals surface area contributed by atoms with E-state index in [9.17, 15) is 49.7 Å². The van der Waals surface area contributed by atoms with E-state index in [1.165, 1.54) is 6.92 Å². The van der Waals surface area contributed by atoms with Crippen LogP contribution in [-0.4, -0.2) is 146 Å². The summed E-state index contributed by atoms with van der Waals surface area (Å²) in [4.78, 5) is 10.8. The molecule has 3 rings (SSSR count). The summed E-state index contributed by atoms with van der Waals surface area (Å²) < 4.78 is 199. The molecule has 35 heteroatoms. The Bertz CT molecular complexity index is 1890. The number of para-hydroxylation sites is 2. The molecule has 0 saturated carbocycles. The molecule has 65 heavy (non-hydrogen) atoms. The summed E-state index contributed by atoms with van der Waals surface area (Å²) in [6.45, 7) is 5.90. The number of rotatable bonds is 0. The van der Waals surface area contributed by atoms with Gasteiger partial charge in [-0.25, -0.2) is 25.3 Å². The molecule has 0 atom stereocenters. The van der Waals surface area contributed by atoms with Crippen LogP contribution in [0.3, 0.4) is 0 Å². The zero-order chi connectivity index (χ0) is 47.7. The number of alkyl halides is 9. The van der Waals surface area contributed by atoms with Crippen LogP contribution >= 0.6 is 0 Å². The zero-order valence-electron chi connectivity index (χ0n) is 33.1. The van der Waals surface area contributed by atoms with Gasteiger partial charge in [-0.1, -0.05) is 35.8 Å². The Morgan fingerprint density at radius 1 is 0.615 bits per heavy atom. The van der Waals surface area contributed by atoms with Crippen molar-refractivity contribution < 1.29 is 182 Å². The Balaban J connectivity index is -0.000000230. The minimum atomic E-state index is -6.09. The molecule has 2 aromatic carbocycles. The van der Waals surface area contributed by atoms with Gasteiger partial charge in [0.1, 0.15) is 24.7 Å². The van der Waals surface area contributed by atoms with Crippen molar-refractivity contribution in [2.75, 3.05) is 72.9 Å². The number of hydrogen-bond acceptors (Lipinski definition) is 19. The minimum absolute atomic E-state index is 0. The van der Waals surface area contributed by atoms with Crippen molar-refractivity contribution >= 4 is 42.8 Å². The number of hydrogen-bond donors (Lipinski definition) is 0. The van der Waals surface area contributed by atoms with Crippen LogP contribution in [0.1, 0.15) is 18.1 Å². The molecule has 0 N–H and O–H groups in total. The first-order chi connectivity index (χ1) is 27.8. The topological polar surface area (TPSA) is 363 Å². The van der Waals surface area contributed by atoms with Crippen molar-refractivity contribution in [1.82, 2.24) is 4.90 Å². The first-order valence-corrected chi connectivity index (χ1v) is 20.1.